The summed E-state index contributed by atoms with van der Waals surface area (Å²) in [6.07, 6.45) is 2.56. The van der Waals surface area contributed by atoms with Crippen molar-refractivity contribution in [2.75, 3.05) is 25.0 Å². The SMILES string of the molecule is O=S(=O)(C(CCO)CCCCl)C(CCO)CCCCl. The molecule has 0 aromatic rings. The number of sulfone groups is 1. The van der Waals surface area contributed by atoms with E-state index in [0.29, 0.717) is 37.4 Å². The molecule has 0 aliphatic rings. The van der Waals surface area contributed by atoms with Crippen LogP contribution in [-0.2, 0) is 9.84 Å². The van der Waals surface area contributed by atoms with Crippen LogP contribution in [0.25, 0.3) is 0 Å². The minimum Gasteiger partial charge on any atom is -0.396 e. The topological polar surface area (TPSA) is 74.6 Å². The van der Waals surface area contributed by atoms with E-state index >= 15 is 0 Å². The van der Waals surface area contributed by atoms with Gasteiger partial charge < -0.3 is 10.2 Å². The third kappa shape index (κ3) is 7.14. The van der Waals surface area contributed by atoms with Gasteiger partial charge in [0.2, 0.25) is 0 Å². The zero-order valence-corrected chi connectivity index (χ0v) is 13.4. The fraction of sp³-hybridized carbons (Fsp3) is 1.00. The molecular weight excluding hydrogens is 311 g/mol. The average Bonchev–Trinajstić information content (AvgIpc) is 2.39. The first-order valence-corrected chi connectivity index (χ1v) is 9.28. The van der Waals surface area contributed by atoms with Gasteiger partial charge in [0, 0.05) is 25.0 Å². The van der Waals surface area contributed by atoms with E-state index in [0.717, 1.165) is 0 Å². The Labute approximate surface area is 126 Å². The van der Waals surface area contributed by atoms with Crippen molar-refractivity contribution >= 4 is 33.0 Å². The molecule has 0 aromatic heterocycles. The second-order valence-corrected chi connectivity index (χ2v) is 7.79. The molecule has 0 saturated carbocycles. The Hall–Kier alpha value is 0.450. The zero-order chi connectivity index (χ0) is 14.7. The Morgan fingerprint density at radius 3 is 1.42 bits per heavy atom. The number of hydrogen-bond donors (Lipinski definition) is 2. The molecule has 0 aliphatic carbocycles. The summed E-state index contributed by atoms with van der Waals surface area (Å²) in [4.78, 5) is 0. The first kappa shape index (κ1) is 19.4. The summed E-state index contributed by atoms with van der Waals surface area (Å²) in [5, 5.41) is 16.9. The second-order valence-electron chi connectivity index (χ2n) is 4.52. The van der Waals surface area contributed by atoms with Crippen LogP contribution in [0.1, 0.15) is 38.5 Å². The molecule has 0 saturated heterocycles. The molecule has 116 valence electrons. The van der Waals surface area contributed by atoms with Crippen LogP contribution in [-0.4, -0.2) is 54.1 Å². The normalized spacial score (nSPS) is 15.4. The molecule has 0 fully saturated rings. The maximum absolute atomic E-state index is 12.5. The summed E-state index contributed by atoms with van der Waals surface area (Å²) in [6.45, 7) is -0.318. The van der Waals surface area contributed by atoms with Gasteiger partial charge in [-0.2, -0.15) is 0 Å². The van der Waals surface area contributed by atoms with Crippen LogP contribution in [0.15, 0.2) is 0 Å². The molecule has 0 spiro atoms. The van der Waals surface area contributed by atoms with E-state index in [9.17, 15) is 8.42 Å². The Morgan fingerprint density at radius 2 is 1.16 bits per heavy atom. The highest BCUT2D eigenvalue weighted by atomic mass is 35.5. The predicted octanol–water partition coefficient (Wildman–Crippen LogP) is 1.94. The van der Waals surface area contributed by atoms with E-state index in [2.05, 4.69) is 0 Å². The van der Waals surface area contributed by atoms with E-state index < -0.39 is 20.3 Å². The minimum atomic E-state index is -3.37. The standard InChI is InChI=1S/C12H24Cl2O4S/c13-7-1-3-11(5-9-15)19(17,18)12(6-10-16)4-2-8-14/h11-12,15-16H,1-10H2. The number of rotatable bonds is 12. The van der Waals surface area contributed by atoms with Crippen LogP contribution in [0.2, 0.25) is 0 Å². The van der Waals surface area contributed by atoms with Crippen molar-refractivity contribution in [3.05, 3.63) is 0 Å². The molecule has 2 N–H and O–H groups in total. The van der Waals surface area contributed by atoms with E-state index in [-0.39, 0.29) is 26.1 Å². The van der Waals surface area contributed by atoms with Crippen LogP contribution in [0.3, 0.4) is 0 Å². The molecule has 2 atom stereocenters. The summed E-state index contributed by atoms with van der Waals surface area (Å²) in [6, 6.07) is 0. The van der Waals surface area contributed by atoms with Gasteiger partial charge in [0.15, 0.2) is 9.84 Å². The first-order valence-electron chi connectivity index (χ1n) is 6.60. The van der Waals surface area contributed by atoms with Gasteiger partial charge in [-0.25, -0.2) is 8.42 Å². The molecule has 2 unspecified atom stereocenters. The van der Waals surface area contributed by atoms with Gasteiger partial charge in [0.05, 0.1) is 10.5 Å². The van der Waals surface area contributed by atoms with Crippen LogP contribution >= 0.6 is 23.2 Å². The molecule has 0 radical (unpaired) electrons. The molecule has 0 heterocycles. The monoisotopic (exact) mass is 334 g/mol. The quantitative estimate of drug-likeness (QED) is 0.535. The zero-order valence-electron chi connectivity index (χ0n) is 11.1. The van der Waals surface area contributed by atoms with Crippen molar-refractivity contribution in [3.8, 4) is 0 Å². The fourth-order valence-corrected chi connectivity index (χ4v) is 4.83. The molecule has 0 bridgehead atoms. The van der Waals surface area contributed by atoms with Crippen molar-refractivity contribution < 1.29 is 18.6 Å². The third-order valence-corrected chi connectivity index (χ3v) is 6.49. The summed E-state index contributed by atoms with van der Waals surface area (Å²) in [7, 11) is -3.37. The number of aliphatic hydroxyl groups is 2. The number of alkyl halides is 2. The van der Waals surface area contributed by atoms with Gasteiger partial charge in [0.1, 0.15) is 0 Å². The lowest BCUT2D eigenvalue weighted by atomic mass is 10.2. The van der Waals surface area contributed by atoms with Crippen molar-refractivity contribution in [1.29, 1.82) is 0 Å². The number of aliphatic hydroxyl groups excluding tert-OH is 2. The molecule has 7 heteroatoms. The predicted molar refractivity (Wildman–Crippen MR) is 79.8 cm³/mol. The van der Waals surface area contributed by atoms with Crippen LogP contribution in [0.5, 0.6) is 0 Å². The first-order chi connectivity index (χ1) is 9.04. The van der Waals surface area contributed by atoms with Gasteiger partial charge >= 0.3 is 0 Å². The Balaban J connectivity index is 4.86. The fourth-order valence-electron chi connectivity index (χ4n) is 2.12. The largest absolute Gasteiger partial charge is 0.396 e. The van der Waals surface area contributed by atoms with E-state index in [1.165, 1.54) is 0 Å². The lowest BCUT2D eigenvalue weighted by molar-refractivity contribution is 0.277. The van der Waals surface area contributed by atoms with Crippen molar-refractivity contribution in [3.63, 3.8) is 0 Å². The van der Waals surface area contributed by atoms with E-state index in [1.807, 2.05) is 0 Å². The van der Waals surface area contributed by atoms with Crippen LogP contribution in [0, 0.1) is 0 Å². The molecule has 0 rings (SSSR count). The van der Waals surface area contributed by atoms with Gasteiger partial charge in [-0.05, 0) is 38.5 Å². The molecule has 0 aromatic carbocycles. The Morgan fingerprint density at radius 1 is 0.789 bits per heavy atom. The summed E-state index contributed by atoms with van der Waals surface area (Å²) >= 11 is 11.2. The summed E-state index contributed by atoms with van der Waals surface area (Å²) in [5.41, 5.74) is 0. The molecule has 19 heavy (non-hydrogen) atoms. The average molecular weight is 335 g/mol. The smallest absolute Gasteiger partial charge is 0.156 e. The molecule has 0 aliphatic heterocycles. The summed E-state index contributed by atoms with van der Waals surface area (Å²) < 4.78 is 25.0. The molecule has 4 nitrogen and oxygen atoms in total. The van der Waals surface area contributed by atoms with Crippen molar-refractivity contribution in [1.82, 2.24) is 0 Å². The Kier molecular flexibility index (Phi) is 11.4. The van der Waals surface area contributed by atoms with E-state index in [1.54, 1.807) is 0 Å². The molecule has 0 amide bonds. The van der Waals surface area contributed by atoms with E-state index in [4.69, 9.17) is 33.4 Å². The van der Waals surface area contributed by atoms with Gasteiger partial charge in [-0.3, -0.25) is 0 Å². The number of hydrogen-bond acceptors (Lipinski definition) is 4. The lowest BCUT2D eigenvalue weighted by Crippen LogP contribution is -2.34. The van der Waals surface area contributed by atoms with Crippen molar-refractivity contribution in [2.24, 2.45) is 0 Å². The van der Waals surface area contributed by atoms with Gasteiger partial charge in [0.25, 0.3) is 0 Å². The number of halogens is 2. The minimum absolute atomic E-state index is 0.159. The summed E-state index contributed by atoms with van der Waals surface area (Å²) in [5.74, 6) is 0.813. The van der Waals surface area contributed by atoms with Crippen LogP contribution in [0.4, 0.5) is 0 Å². The third-order valence-electron chi connectivity index (χ3n) is 3.15. The molecular formula is C12H24Cl2O4S. The highest BCUT2D eigenvalue weighted by Crippen LogP contribution is 2.23. The Bertz CT molecular complexity index is 285. The highest BCUT2D eigenvalue weighted by Gasteiger charge is 2.32. The van der Waals surface area contributed by atoms with Crippen molar-refractivity contribution in [2.45, 2.75) is 49.0 Å². The van der Waals surface area contributed by atoms with Gasteiger partial charge in [-0.15, -0.1) is 23.2 Å². The maximum Gasteiger partial charge on any atom is 0.156 e. The maximum atomic E-state index is 12.5. The highest BCUT2D eigenvalue weighted by molar-refractivity contribution is 7.92. The van der Waals surface area contributed by atoms with Crippen LogP contribution < -0.4 is 0 Å². The van der Waals surface area contributed by atoms with Gasteiger partial charge in [-0.1, -0.05) is 0 Å². The lowest BCUT2D eigenvalue weighted by Gasteiger charge is -2.23. The second kappa shape index (κ2) is 11.1.